The number of alkyl halides is 2. The zero-order chi connectivity index (χ0) is 22.0. The van der Waals surface area contributed by atoms with Crippen molar-refractivity contribution in [2.75, 3.05) is 0 Å². The Morgan fingerprint density at radius 2 is 1.31 bits per heavy atom. The summed E-state index contributed by atoms with van der Waals surface area (Å²) in [5.41, 5.74) is 0.733. The van der Waals surface area contributed by atoms with Crippen molar-refractivity contribution in [2.45, 2.75) is 70.3 Å². The molecule has 0 amide bonds. The molecule has 0 N–H and O–H groups in total. The van der Waals surface area contributed by atoms with Gasteiger partial charge in [0.2, 0.25) is 0 Å². The van der Waals surface area contributed by atoms with Crippen molar-refractivity contribution in [2.24, 2.45) is 17.8 Å². The van der Waals surface area contributed by atoms with E-state index in [1.54, 1.807) is 18.2 Å². The van der Waals surface area contributed by atoms with Gasteiger partial charge in [0, 0.05) is 50.1 Å². The van der Waals surface area contributed by atoms with Crippen molar-refractivity contribution in [1.82, 2.24) is 0 Å². The minimum absolute atomic E-state index is 0. The Kier molecular flexibility index (Phi) is 8.82. The monoisotopic (exact) mass is 522 g/mol. The van der Waals surface area contributed by atoms with Crippen molar-refractivity contribution in [3.63, 3.8) is 0 Å². The number of halogens is 4. The van der Waals surface area contributed by atoms with E-state index >= 15 is 0 Å². The van der Waals surface area contributed by atoms with Gasteiger partial charge in [0.1, 0.15) is 0 Å². The van der Waals surface area contributed by atoms with Crippen molar-refractivity contribution < 1.29 is 55.0 Å². The summed E-state index contributed by atoms with van der Waals surface area (Å²) in [5, 5.41) is 0. The van der Waals surface area contributed by atoms with Crippen molar-refractivity contribution in [3.05, 3.63) is 65.2 Å². The van der Waals surface area contributed by atoms with Crippen LogP contribution in [0.2, 0.25) is 0 Å². The van der Waals surface area contributed by atoms with E-state index in [4.69, 9.17) is 0 Å². The van der Waals surface area contributed by atoms with E-state index in [1.165, 1.54) is 50.7 Å². The van der Waals surface area contributed by atoms with Crippen LogP contribution in [0.25, 0.3) is 0 Å². The predicted molar refractivity (Wildman–Crippen MR) is 112 cm³/mol. The average molecular weight is 522 g/mol. The molecule has 1 radical (unpaired) electrons. The first-order valence-electron chi connectivity index (χ1n) is 11.4. The van der Waals surface area contributed by atoms with Crippen molar-refractivity contribution in [3.8, 4) is 5.75 Å². The van der Waals surface area contributed by atoms with Crippen LogP contribution in [0, 0.1) is 35.5 Å². The Morgan fingerprint density at radius 1 is 0.812 bits per heavy atom. The van der Waals surface area contributed by atoms with Gasteiger partial charge in [-0.05, 0) is 79.9 Å². The first-order valence-corrected chi connectivity index (χ1v) is 11.4. The van der Waals surface area contributed by atoms with Gasteiger partial charge in [-0.2, -0.15) is 8.78 Å². The minimum Gasteiger partial charge on any atom is -0.455 e. The molecule has 32 heavy (non-hydrogen) atoms. The van der Waals surface area contributed by atoms with E-state index in [2.05, 4.69) is 11.7 Å². The number of benzene rings is 2. The van der Waals surface area contributed by atoms with E-state index in [-0.39, 0.29) is 38.3 Å². The van der Waals surface area contributed by atoms with E-state index in [0.29, 0.717) is 18.1 Å². The van der Waals surface area contributed by atoms with Crippen LogP contribution in [0.3, 0.4) is 0 Å². The van der Waals surface area contributed by atoms with Gasteiger partial charge in [-0.15, -0.1) is 6.07 Å². The van der Waals surface area contributed by atoms with Crippen molar-refractivity contribution in [1.29, 1.82) is 0 Å². The SMILES string of the molecule is CC1CCC(C2CCC(c3ccc(C(F)(F)Oc4cc(F)[c-]c(F)c4)cc3)CC2)CC1.[Y]. The predicted octanol–water partition coefficient (Wildman–Crippen LogP) is 7.99. The number of hydrogen-bond donors (Lipinski definition) is 0. The Hall–Kier alpha value is -0.936. The molecular formula is C26H29F4OY-. The van der Waals surface area contributed by atoms with Gasteiger partial charge in [-0.25, -0.2) is 8.78 Å². The van der Waals surface area contributed by atoms with E-state index < -0.39 is 23.5 Å². The smallest absolute Gasteiger partial charge is 0.424 e. The fourth-order valence-electron chi connectivity index (χ4n) is 5.37. The van der Waals surface area contributed by atoms with Crippen LogP contribution in [0.5, 0.6) is 5.75 Å². The van der Waals surface area contributed by atoms with E-state index in [9.17, 15) is 17.6 Å². The summed E-state index contributed by atoms with van der Waals surface area (Å²) in [5.74, 6) is 0.198. The maximum Gasteiger partial charge on any atom is 0.424 e. The molecule has 2 aromatic rings. The molecule has 0 aromatic heterocycles. The Balaban J connectivity index is 0.00000289. The summed E-state index contributed by atoms with van der Waals surface area (Å²) in [6, 6.07) is 9.31. The third-order valence-corrected chi connectivity index (χ3v) is 7.24. The van der Waals surface area contributed by atoms with Crippen LogP contribution in [0.15, 0.2) is 36.4 Å². The Morgan fingerprint density at radius 3 is 1.84 bits per heavy atom. The molecule has 6 heteroatoms. The molecule has 0 atom stereocenters. The minimum atomic E-state index is -3.69. The van der Waals surface area contributed by atoms with Crippen molar-refractivity contribution >= 4 is 0 Å². The quantitative estimate of drug-likeness (QED) is 0.286. The van der Waals surface area contributed by atoms with Gasteiger partial charge in [0.15, 0.2) is 0 Å². The summed E-state index contributed by atoms with van der Waals surface area (Å²) >= 11 is 0. The molecule has 171 valence electrons. The second-order valence-electron chi connectivity index (χ2n) is 9.38. The summed E-state index contributed by atoms with van der Waals surface area (Å²) in [6.45, 7) is 2.35. The first kappa shape index (κ1) is 25.7. The number of ether oxygens (including phenoxy) is 1. The van der Waals surface area contributed by atoms with Crippen LogP contribution in [0.4, 0.5) is 17.6 Å². The summed E-state index contributed by atoms with van der Waals surface area (Å²) < 4.78 is 60.0. The van der Waals surface area contributed by atoms with Gasteiger partial charge in [-0.3, -0.25) is 0 Å². The maximum atomic E-state index is 14.5. The largest absolute Gasteiger partial charge is 0.455 e. The summed E-state index contributed by atoms with van der Waals surface area (Å²) in [4.78, 5) is 0. The molecule has 0 bridgehead atoms. The molecule has 0 unspecified atom stereocenters. The molecule has 0 spiro atoms. The Labute approximate surface area is 213 Å². The molecule has 0 aliphatic heterocycles. The standard InChI is InChI=1S/C26H29F4O.Y/c1-17-2-4-18(5-3-17)19-6-8-20(9-7-19)21-10-12-22(13-11-21)26(29,30)31-25-15-23(27)14-24(28)16-25;/h10-13,15-20H,2-9H2,1H3;/q-1;. The molecule has 2 fully saturated rings. The number of rotatable bonds is 5. The zero-order valence-electron chi connectivity index (χ0n) is 18.4. The summed E-state index contributed by atoms with van der Waals surface area (Å²) in [6.07, 6.45) is 6.35. The van der Waals surface area contributed by atoms with Gasteiger partial charge >= 0.3 is 6.11 Å². The van der Waals surface area contributed by atoms with Gasteiger partial charge < -0.3 is 4.74 Å². The molecule has 1 nitrogen and oxygen atoms in total. The van der Waals surface area contributed by atoms with Crippen LogP contribution in [-0.2, 0) is 38.8 Å². The molecule has 2 aliphatic carbocycles. The van der Waals surface area contributed by atoms with Gasteiger partial charge in [0.05, 0.1) is 5.56 Å². The van der Waals surface area contributed by atoms with E-state index in [0.717, 1.165) is 36.2 Å². The van der Waals surface area contributed by atoms with Gasteiger partial charge in [-0.1, -0.05) is 44.0 Å². The third-order valence-electron chi connectivity index (χ3n) is 7.24. The third kappa shape index (κ3) is 6.34. The molecule has 2 aliphatic rings. The molecule has 2 saturated carbocycles. The fraction of sp³-hybridized carbons (Fsp3) is 0.538. The molecular weight excluding hydrogens is 493 g/mol. The van der Waals surface area contributed by atoms with Crippen LogP contribution in [-0.4, -0.2) is 0 Å². The first-order chi connectivity index (χ1) is 14.8. The Bertz CT molecular complexity index is 850. The fourth-order valence-corrected chi connectivity index (χ4v) is 5.37. The zero-order valence-corrected chi connectivity index (χ0v) is 21.3. The topological polar surface area (TPSA) is 9.23 Å². The van der Waals surface area contributed by atoms with Gasteiger partial charge in [0.25, 0.3) is 0 Å². The van der Waals surface area contributed by atoms with E-state index in [1.807, 2.05) is 0 Å². The second-order valence-corrected chi connectivity index (χ2v) is 9.38. The van der Waals surface area contributed by atoms with Crippen LogP contribution < -0.4 is 4.74 Å². The molecule has 2 aromatic carbocycles. The normalized spacial score (nSPS) is 26.3. The maximum absolute atomic E-state index is 14.5. The molecule has 0 heterocycles. The molecule has 4 rings (SSSR count). The van der Waals surface area contributed by atoms with Crippen LogP contribution >= 0.6 is 0 Å². The molecule has 0 saturated heterocycles. The number of hydrogen-bond acceptors (Lipinski definition) is 1. The summed E-state index contributed by atoms with van der Waals surface area (Å²) in [7, 11) is 0. The second kappa shape index (κ2) is 11.0. The average Bonchev–Trinajstić information content (AvgIpc) is 2.73. The van der Waals surface area contributed by atoms with Crippen LogP contribution in [0.1, 0.15) is 75.3 Å².